The lowest BCUT2D eigenvalue weighted by Gasteiger charge is -2.11. The Labute approximate surface area is 119 Å². The number of carbonyl (C=O) groups is 1. The molecule has 0 fully saturated rings. The van der Waals surface area contributed by atoms with Crippen molar-refractivity contribution in [2.75, 3.05) is 13.7 Å². The average Bonchev–Trinajstić information content (AvgIpc) is 2.99. The van der Waals surface area contributed by atoms with Gasteiger partial charge in [-0.3, -0.25) is 4.79 Å². The second kappa shape index (κ2) is 6.49. The van der Waals surface area contributed by atoms with Crippen LogP contribution >= 0.6 is 11.3 Å². The van der Waals surface area contributed by atoms with Crippen molar-refractivity contribution in [3.63, 3.8) is 0 Å². The Balaban J connectivity index is 2.02. The number of amides is 1. The van der Waals surface area contributed by atoms with Crippen LogP contribution < -0.4 is 10.1 Å². The summed E-state index contributed by atoms with van der Waals surface area (Å²) in [7, 11) is 1.33. The van der Waals surface area contributed by atoms with Gasteiger partial charge in [0.1, 0.15) is 0 Å². The van der Waals surface area contributed by atoms with Crippen LogP contribution in [0.4, 0.5) is 4.39 Å². The number of halogens is 1. The van der Waals surface area contributed by atoms with Gasteiger partial charge in [0.25, 0.3) is 5.91 Å². The van der Waals surface area contributed by atoms with Crippen molar-refractivity contribution in [3.05, 3.63) is 52.0 Å². The van der Waals surface area contributed by atoms with E-state index < -0.39 is 17.8 Å². The normalized spacial score (nSPS) is 11.9. The van der Waals surface area contributed by atoms with E-state index in [0.717, 1.165) is 5.56 Å². The molecular formula is C14H14FNO3S. The minimum absolute atomic E-state index is 0.0102. The lowest BCUT2D eigenvalue weighted by atomic mass is 10.1. The molecule has 1 unspecified atom stereocenters. The number of carbonyl (C=O) groups excluding carboxylic acids is 1. The number of ether oxygens (including phenoxy) is 1. The molecule has 1 amide bonds. The van der Waals surface area contributed by atoms with Crippen molar-refractivity contribution in [1.29, 1.82) is 0 Å². The molecule has 0 radical (unpaired) electrons. The number of hydrogen-bond acceptors (Lipinski definition) is 4. The molecular weight excluding hydrogens is 281 g/mol. The molecule has 1 atom stereocenters. The smallest absolute Gasteiger partial charge is 0.254 e. The van der Waals surface area contributed by atoms with Gasteiger partial charge >= 0.3 is 0 Å². The number of methoxy groups -OCH3 is 1. The van der Waals surface area contributed by atoms with Crippen LogP contribution in [-0.4, -0.2) is 24.7 Å². The van der Waals surface area contributed by atoms with Crippen molar-refractivity contribution in [2.24, 2.45) is 0 Å². The Bertz CT molecular complexity index is 586. The molecule has 0 saturated carbocycles. The maximum Gasteiger partial charge on any atom is 0.254 e. The zero-order valence-electron chi connectivity index (χ0n) is 10.8. The highest BCUT2D eigenvalue weighted by Crippen LogP contribution is 2.20. The third-order valence-corrected chi connectivity index (χ3v) is 3.51. The van der Waals surface area contributed by atoms with Crippen molar-refractivity contribution >= 4 is 17.2 Å². The highest BCUT2D eigenvalue weighted by molar-refractivity contribution is 7.07. The van der Waals surface area contributed by atoms with Crippen molar-refractivity contribution in [2.45, 2.75) is 6.10 Å². The molecule has 0 aliphatic heterocycles. The van der Waals surface area contributed by atoms with Crippen LogP contribution in [-0.2, 0) is 0 Å². The zero-order chi connectivity index (χ0) is 14.5. The standard InChI is InChI=1S/C14H14FNO3S/c1-19-12-4-2-3-10(13(12)15)14(18)16-7-11(17)9-5-6-20-8-9/h2-6,8,11,17H,7H2,1H3,(H,16,18). The Morgan fingerprint density at radius 3 is 2.95 bits per heavy atom. The molecule has 20 heavy (non-hydrogen) atoms. The molecule has 2 aromatic rings. The Morgan fingerprint density at radius 2 is 2.30 bits per heavy atom. The molecule has 6 heteroatoms. The van der Waals surface area contributed by atoms with Gasteiger partial charge in [0.05, 0.1) is 18.8 Å². The number of nitrogens with one attached hydrogen (secondary N) is 1. The van der Waals surface area contributed by atoms with Gasteiger partial charge in [-0.05, 0) is 34.5 Å². The first-order chi connectivity index (χ1) is 9.63. The summed E-state index contributed by atoms with van der Waals surface area (Å²) in [5.41, 5.74) is 0.614. The van der Waals surface area contributed by atoms with Gasteiger partial charge in [0.15, 0.2) is 11.6 Å². The minimum atomic E-state index is -0.807. The zero-order valence-corrected chi connectivity index (χ0v) is 11.6. The maximum absolute atomic E-state index is 13.9. The first kappa shape index (κ1) is 14.5. The summed E-state index contributed by atoms with van der Waals surface area (Å²) in [6.45, 7) is 0.0201. The molecule has 4 nitrogen and oxygen atoms in total. The molecule has 1 aromatic heterocycles. The first-order valence-electron chi connectivity index (χ1n) is 5.94. The molecule has 106 valence electrons. The number of aliphatic hydroxyl groups excluding tert-OH is 1. The second-order valence-corrected chi connectivity index (χ2v) is 4.88. The predicted molar refractivity (Wildman–Crippen MR) is 74.6 cm³/mol. The van der Waals surface area contributed by atoms with Gasteiger partial charge in [-0.2, -0.15) is 11.3 Å². The van der Waals surface area contributed by atoms with E-state index in [4.69, 9.17) is 4.74 Å². The van der Waals surface area contributed by atoms with Gasteiger partial charge in [0, 0.05) is 6.54 Å². The fourth-order valence-corrected chi connectivity index (χ4v) is 2.42. The molecule has 0 aliphatic rings. The fourth-order valence-electron chi connectivity index (χ4n) is 1.71. The number of thiophene rings is 1. The van der Waals surface area contributed by atoms with Crippen LogP contribution in [0.3, 0.4) is 0 Å². The van der Waals surface area contributed by atoms with Crippen LogP contribution in [0.5, 0.6) is 5.75 Å². The monoisotopic (exact) mass is 295 g/mol. The van der Waals surface area contributed by atoms with Gasteiger partial charge in [0.2, 0.25) is 0 Å². The van der Waals surface area contributed by atoms with Gasteiger partial charge in [-0.25, -0.2) is 4.39 Å². The molecule has 2 N–H and O–H groups in total. The van der Waals surface area contributed by atoms with Crippen LogP contribution in [0.25, 0.3) is 0 Å². The summed E-state index contributed by atoms with van der Waals surface area (Å²) in [4.78, 5) is 11.9. The van der Waals surface area contributed by atoms with Gasteiger partial charge in [-0.1, -0.05) is 6.07 Å². The number of benzene rings is 1. The topological polar surface area (TPSA) is 58.6 Å². The van der Waals surface area contributed by atoms with Crippen molar-refractivity contribution in [1.82, 2.24) is 5.32 Å². The van der Waals surface area contributed by atoms with E-state index in [1.807, 2.05) is 5.38 Å². The third kappa shape index (κ3) is 3.15. The molecule has 0 saturated heterocycles. The van der Waals surface area contributed by atoms with Crippen molar-refractivity contribution in [3.8, 4) is 5.75 Å². The van der Waals surface area contributed by atoms with Crippen LogP contribution in [0.2, 0.25) is 0 Å². The highest BCUT2D eigenvalue weighted by Gasteiger charge is 2.16. The van der Waals surface area contributed by atoms with Gasteiger partial charge < -0.3 is 15.2 Å². The molecule has 0 bridgehead atoms. The largest absolute Gasteiger partial charge is 0.494 e. The van der Waals surface area contributed by atoms with Crippen LogP contribution in [0.1, 0.15) is 22.0 Å². The van der Waals surface area contributed by atoms with E-state index in [9.17, 15) is 14.3 Å². The Morgan fingerprint density at radius 1 is 1.50 bits per heavy atom. The minimum Gasteiger partial charge on any atom is -0.494 e. The molecule has 0 spiro atoms. The maximum atomic E-state index is 13.9. The van der Waals surface area contributed by atoms with E-state index in [0.29, 0.717) is 0 Å². The van der Waals surface area contributed by atoms with E-state index in [2.05, 4.69) is 5.32 Å². The predicted octanol–water partition coefficient (Wildman–Crippen LogP) is 2.36. The van der Waals surface area contributed by atoms with E-state index in [-0.39, 0.29) is 17.9 Å². The molecule has 1 aromatic carbocycles. The lowest BCUT2D eigenvalue weighted by molar-refractivity contribution is 0.0911. The summed E-state index contributed by atoms with van der Waals surface area (Å²) in [6, 6.07) is 6.11. The molecule has 2 rings (SSSR count). The quantitative estimate of drug-likeness (QED) is 0.890. The summed E-state index contributed by atoms with van der Waals surface area (Å²) >= 11 is 1.46. The second-order valence-electron chi connectivity index (χ2n) is 4.10. The number of hydrogen-bond donors (Lipinski definition) is 2. The van der Waals surface area contributed by atoms with Gasteiger partial charge in [-0.15, -0.1) is 0 Å². The Kier molecular flexibility index (Phi) is 4.70. The average molecular weight is 295 g/mol. The summed E-state index contributed by atoms with van der Waals surface area (Å²) in [6.07, 6.45) is -0.807. The van der Waals surface area contributed by atoms with Crippen LogP contribution in [0, 0.1) is 5.82 Å². The van der Waals surface area contributed by atoms with E-state index in [1.54, 1.807) is 11.4 Å². The lowest BCUT2D eigenvalue weighted by Crippen LogP contribution is -2.29. The summed E-state index contributed by atoms with van der Waals surface area (Å²) in [5.74, 6) is -1.29. The molecule has 0 aliphatic carbocycles. The number of rotatable bonds is 5. The van der Waals surface area contributed by atoms with Crippen LogP contribution in [0.15, 0.2) is 35.0 Å². The van der Waals surface area contributed by atoms with E-state index in [1.165, 1.54) is 36.6 Å². The molecule has 1 heterocycles. The van der Waals surface area contributed by atoms with E-state index >= 15 is 0 Å². The number of aliphatic hydroxyl groups is 1. The summed E-state index contributed by atoms with van der Waals surface area (Å²) < 4.78 is 18.7. The SMILES string of the molecule is COc1cccc(C(=O)NCC(O)c2ccsc2)c1F. The third-order valence-electron chi connectivity index (χ3n) is 2.81. The Hall–Kier alpha value is -1.92. The van der Waals surface area contributed by atoms with Crippen molar-refractivity contribution < 1.29 is 19.0 Å². The summed E-state index contributed by atoms with van der Waals surface area (Å²) in [5, 5.41) is 16.0. The first-order valence-corrected chi connectivity index (χ1v) is 6.88. The fraction of sp³-hybridized carbons (Fsp3) is 0.214. The highest BCUT2D eigenvalue weighted by atomic mass is 32.1.